The molecule has 2 rings (SSSR count). The van der Waals surface area contributed by atoms with E-state index in [-0.39, 0.29) is 0 Å². The molecule has 0 spiro atoms. The lowest BCUT2D eigenvalue weighted by Gasteiger charge is -2.05. The van der Waals surface area contributed by atoms with Crippen LogP contribution >= 0.6 is 0 Å². The van der Waals surface area contributed by atoms with Crippen LogP contribution in [0.3, 0.4) is 0 Å². The molecule has 2 aromatic rings. The Bertz CT molecular complexity index is 454. The highest BCUT2D eigenvalue weighted by molar-refractivity contribution is 5.22. The zero-order valence-electron chi connectivity index (χ0n) is 10.1. The van der Waals surface area contributed by atoms with Gasteiger partial charge < -0.3 is 5.32 Å². The number of aromatic nitrogens is 2. The fourth-order valence-electron chi connectivity index (χ4n) is 1.74. The number of nitrogens with zero attached hydrogens (tertiary/aromatic N) is 2. The fourth-order valence-corrected chi connectivity index (χ4v) is 1.74. The zero-order valence-corrected chi connectivity index (χ0v) is 10.1. The molecule has 1 N–H and O–H groups in total. The van der Waals surface area contributed by atoms with Crippen molar-refractivity contribution in [3.8, 4) is 0 Å². The third kappa shape index (κ3) is 3.96. The lowest BCUT2D eigenvalue weighted by molar-refractivity contribution is 0.673. The first-order valence-electron chi connectivity index (χ1n) is 5.86. The third-order valence-electron chi connectivity index (χ3n) is 2.62. The van der Waals surface area contributed by atoms with Gasteiger partial charge in [0.15, 0.2) is 0 Å². The highest BCUT2D eigenvalue weighted by atomic mass is 14.9. The van der Waals surface area contributed by atoms with Gasteiger partial charge in [0.05, 0.1) is 5.69 Å². The summed E-state index contributed by atoms with van der Waals surface area (Å²) >= 11 is 0. The Kier molecular flexibility index (Phi) is 4.22. The monoisotopic (exact) mass is 227 g/mol. The van der Waals surface area contributed by atoms with Crippen molar-refractivity contribution >= 4 is 0 Å². The van der Waals surface area contributed by atoms with Crippen molar-refractivity contribution in [2.24, 2.45) is 0 Å². The third-order valence-corrected chi connectivity index (χ3v) is 2.62. The van der Waals surface area contributed by atoms with Crippen molar-refractivity contribution in [1.29, 1.82) is 0 Å². The highest BCUT2D eigenvalue weighted by Gasteiger charge is 1.95. The predicted octanol–water partition coefficient (Wildman–Crippen LogP) is 2.12. The Hall–Kier alpha value is -1.74. The second-order valence-electron chi connectivity index (χ2n) is 4.12. The van der Waals surface area contributed by atoms with Crippen LogP contribution in [-0.4, -0.2) is 16.5 Å². The fraction of sp³-hybridized carbons (Fsp3) is 0.286. The van der Waals surface area contributed by atoms with Gasteiger partial charge in [0.2, 0.25) is 0 Å². The minimum atomic E-state index is 0.800. The summed E-state index contributed by atoms with van der Waals surface area (Å²) in [7, 11) is 0. The standard InChI is InChI=1S/C14H17N3/c1-12-3-2-4-13(9-12)5-7-15-10-14-6-8-16-11-17-14/h2-4,6,8-9,11,15H,5,7,10H2,1H3. The zero-order chi connectivity index (χ0) is 11.9. The van der Waals surface area contributed by atoms with Crippen LogP contribution in [0.4, 0.5) is 0 Å². The Balaban J connectivity index is 1.73. The number of aryl methyl sites for hydroxylation is 1. The van der Waals surface area contributed by atoms with Crippen LogP contribution in [0.15, 0.2) is 42.9 Å². The first kappa shape index (κ1) is 11.7. The summed E-state index contributed by atoms with van der Waals surface area (Å²) < 4.78 is 0. The molecule has 0 aliphatic rings. The lowest BCUT2D eigenvalue weighted by atomic mass is 10.1. The van der Waals surface area contributed by atoms with Crippen LogP contribution < -0.4 is 5.32 Å². The van der Waals surface area contributed by atoms with Gasteiger partial charge in [-0.05, 0) is 31.5 Å². The van der Waals surface area contributed by atoms with E-state index in [1.165, 1.54) is 11.1 Å². The molecular formula is C14H17N3. The molecule has 0 fully saturated rings. The molecule has 0 atom stereocenters. The molecule has 0 bridgehead atoms. The van der Waals surface area contributed by atoms with E-state index in [2.05, 4.69) is 46.5 Å². The molecule has 88 valence electrons. The highest BCUT2D eigenvalue weighted by Crippen LogP contribution is 2.03. The molecule has 0 unspecified atom stereocenters. The molecule has 0 aliphatic heterocycles. The molecule has 0 saturated carbocycles. The van der Waals surface area contributed by atoms with Gasteiger partial charge in [0.1, 0.15) is 6.33 Å². The quantitative estimate of drug-likeness (QED) is 0.795. The van der Waals surface area contributed by atoms with Crippen LogP contribution in [0.5, 0.6) is 0 Å². The number of hydrogen-bond donors (Lipinski definition) is 1. The van der Waals surface area contributed by atoms with E-state index >= 15 is 0 Å². The van der Waals surface area contributed by atoms with E-state index in [0.29, 0.717) is 0 Å². The summed E-state index contributed by atoms with van der Waals surface area (Å²) in [5.74, 6) is 0. The maximum absolute atomic E-state index is 4.16. The molecular weight excluding hydrogens is 210 g/mol. The summed E-state index contributed by atoms with van der Waals surface area (Å²) in [6, 6.07) is 10.6. The maximum Gasteiger partial charge on any atom is 0.115 e. The smallest absolute Gasteiger partial charge is 0.115 e. The number of hydrogen-bond acceptors (Lipinski definition) is 3. The average molecular weight is 227 g/mol. The summed E-state index contributed by atoms with van der Waals surface area (Å²) in [6.45, 7) is 3.89. The molecule has 0 saturated heterocycles. The maximum atomic E-state index is 4.16. The van der Waals surface area contributed by atoms with Gasteiger partial charge in [-0.2, -0.15) is 0 Å². The minimum Gasteiger partial charge on any atom is -0.311 e. The Labute approximate surface area is 102 Å². The van der Waals surface area contributed by atoms with Crippen molar-refractivity contribution in [3.63, 3.8) is 0 Å². The SMILES string of the molecule is Cc1cccc(CCNCc2ccncn2)c1. The van der Waals surface area contributed by atoms with Gasteiger partial charge in [-0.3, -0.25) is 0 Å². The van der Waals surface area contributed by atoms with E-state index in [1.54, 1.807) is 12.5 Å². The van der Waals surface area contributed by atoms with Crippen molar-refractivity contribution in [1.82, 2.24) is 15.3 Å². The molecule has 1 aromatic heterocycles. The van der Waals surface area contributed by atoms with Gasteiger partial charge in [-0.25, -0.2) is 9.97 Å². The topological polar surface area (TPSA) is 37.8 Å². The number of benzene rings is 1. The Morgan fingerprint density at radius 2 is 2.18 bits per heavy atom. The number of rotatable bonds is 5. The molecule has 17 heavy (non-hydrogen) atoms. The summed E-state index contributed by atoms with van der Waals surface area (Å²) in [5, 5.41) is 3.38. The molecule has 3 nitrogen and oxygen atoms in total. The number of nitrogens with one attached hydrogen (secondary N) is 1. The van der Waals surface area contributed by atoms with Gasteiger partial charge >= 0.3 is 0 Å². The Morgan fingerprint density at radius 3 is 2.94 bits per heavy atom. The summed E-state index contributed by atoms with van der Waals surface area (Å²) in [4.78, 5) is 8.06. The van der Waals surface area contributed by atoms with Crippen molar-refractivity contribution in [2.45, 2.75) is 19.9 Å². The van der Waals surface area contributed by atoms with E-state index in [4.69, 9.17) is 0 Å². The molecule has 0 radical (unpaired) electrons. The van der Waals surface area contributed by atoms with Crippen LogP contribution in [0, 0.1) is 6.92 Å². The predicted molar refractivity (Wildman–Crippen MR) is 68.6 cm³/mol. The summed E-state index contributed by atoms with van der Waals surface area (Å²) in [6.07, 6.45) is 4.40. The van der Waals surface area contributed by atoms with Crippen LogP contribution in [-0.2, 0) is 13.0 Å². The average Bonchev–Trinajstić information content (AvgIpc) is 2.36. The Morgan fingerprint density at radius 1 is 1.24 bits per heavy atom. The summed E-state index contributed by atoms with van der Waals surface area (Å²) in [5.41, 5.74) is 3.72. The van der Waals surface area contributed by atoms with Crippen molar-refractivity contribution in [2.75, 3.05) is 6.54 Å². The molecule has 1 aromatic carbocycles. The lowest BCUT2D eigenvalue weighted by Crippen LogP contribution is -2.17. The van der Waals surface area contributed by atoms with Crippen molar-refractivity contribution in [3.05, 3.63) is 59.7 Å². The first-order chi connectivity index (χ1) is 8.34. The van der Waals surface area contributed by atoms with Crippen LogP contribution in [0.25, 0.3) is 0 Å². The van der Waals surface area contributed by atoms with E-state index in [1.807, 2.05) is 6.07 Å². The normalized spacial score (nSPS) is 10.4. The van der Waals surface area contributed by atoms with Gasteiger partial charge in [0, 0.05) is 12.7 Å². The largest absolute Gasteiger partial charge is 0.311 e. The van der Waals surface area contributed by atoms with E-state index in [0.717, 1.165) is 25.2 Å². The van der Waals surface area contributed by atoms with Gasteiger partial charge in [-0.15, -0.1) is 0 Å². The van der Waals surface area contributed by atoms with Gasteiger partial charge in [0.25, 0.3) is 0 Å². The molecule has 1 heterocycles. The van der Waals surface area contributed by atoms with E-state index < -0.39 is 0 Å². The van der Waals surface area contributed by atoms with Crippen molar-refractivity contribution < 1.29 is 0 Å². The van der Waals surface area contributed by atoms with E-state index in [9.17, 15) is 0 Å². The first-order valence-corrected chi connectivity index (χ1v) is 5.86. The van der Waals surface area contributed by atoms with Crippen LogP contribution in [0.1, 0.15) is 16.8 Å². The minimum absolute atomic E-state index is 0.800. The van der Waals surface area contributed by atoms with Gasteiger partial charge in [-0.1, -0.05) is 29.8 Å². The second kappa shape index (κ2) is 6.11. The molecule has 0 amide bonds. The second-order valence-corrected chi connectivity index (χ2v) is 4.12. The van der Waals surface area contributed by atoms with Crippen LogP contribution in [0.2, 0.25) is 0 Å². The molecule has 0 aliphatic carbocycles. The molecule has 3 heteroatoms.